The number of ether oxygens (including phenoxy) is 1. The van der Waals surface area contributed by atoms with Gasteiger partial charge in [0.25, 0.3) is 0 Å². The Morgan fingerprint density at radius 1 is 1.42 bits per heavy atom. The number of nitrogen functional groups attached to an aromatic ring is 1. The maximum Gasteiger partial charge on any atom is 0.239 e. The van der Waals surface area contributed by atoms with Gasteiger partial charge in [-0.05, 0) is 44.2 Å². The highest BCUT2D eigenvalue weighted by Crippen LogP contribution is 2.33. The second-order valence-electron chi connectivity index (χ2n) is 5.60. The minimum atomic E-state index is 0.565. The minimum absolute atomic E-state index is 0.565. The van der Waals surface area contributed by atoms with Crippen LogP contribution in [0.25, 0.3) is 0 Å². The quantitative estimate of drug-likeness (QED) is 0.821. The van der Waals surface area contributed by atoms with Crippen LogP contribution in [0.4, 0.5) is 11.5 Å². The van der Waals surface area contributed by atoms with E-state index in [0.717, 1.165) is 12.4 Å². The van der Waals surface area contributed by atoms with Gasteiger partial charge in [-0.2, -0.15) is 4.98 Å². The standard InChI is InChI=1S/C15H25N3O/c1-4-19-15-13(16)7-8-14(17-15)18(12-5-6-12)10-9-11(2)3/h7-8,11-12H,4-6,9-10,16H2,1-3H3. The number of nitrogens with two attached hydrogens (primary N) is 1. The molecule has 0 aliphatic heterocycles. The fraction of sp³-hybridized carbons (Fsp3) is 0.667. The van der Waals surface area contributed by atoms with Gasteiger partial charge in [-0.1, -0.05) is 13.8 Å². The number of aromatic nitrogens is 1. The number of hydrogen-bond donors (Lipinski definition) is 1. The predicted octanol–water partition coefficient (Wildman–Crippen LogP) is 3.08. The van der Waals surface area contributed by atoms with Crippen molar-refractivity contribution in [2.75, 3.05) is 23.8 Å². The number of rotatable bonds is 7. The van der Waals surface area contributed by atoms with E-state index in [-0.39, 0.29) is 0 Å². The molecule has 19 heavy (non-hydrogen) atoms. The molecule has 1 aromatic heterocycles. The highest BCUT2D eigenvalue weighted by atomic mass is 16.5. The molecule has 1 fully saturated rings. The predicted molar refractivity (Wildman–Crippen MR) is 79.6 cm³/mol. The van der Waals surface area contributed by atoms with Crippen LogP contribution in [0.15, 0.2) is 12.1 Å². The van der Waals surface area contributed by atoms with Crippen LogP contribution in [-0.2, 0) is 0 Å². The Bertz CT molecular complexity index is 416. The van der Waals surface area contributed by atoms with Crippen LogP contribution < -0.4 is 15.4 Å². The Balaban J connectivity index is 2.14. The summed E-state index contributed by atoms with van der Waals surface area (Å²) in [5, 5.41) is 0. The zero-order valence-corrected chi connectivity index (χ0v) is 12.2. The van der Waals surface area contributed by atoms with E-state index in [1.807, 2.05) is 19.1 Å². The molecule has 0 bridgehead atoms. The summed E-state index contributed by atoms with van der Waals surface area (Å²) in [5.41, 5.74) is 6.50. The number of hydrogen-bond acceptors (Lipinski definition) is 4. The van der Waals surface area contributed by atoms with Gasteiger partial charge in [-0.3, -0.25) is 0 Å². The molecule has 0 radical (unpaired) electrons. The highest BCUT2D eigenvalue weighted by molar-refractivity contribution is 5.55. The molecule has 0 saturated heterocycles. The summed E-state index contributed by atoms with van der Waals surface area (Å²) in [6, 6.07) is 4.57. The first-order valence-electron chi connectivity index (χ1n) is 7.27. The van der Waals surface area contributed by atoms with Gasteiger partial charge in [0.05, 0.1) is 12.3 Å². The summed E-state index contributed by atoms with van der Waals surface area (Å²) < 4.78 is 5.49. The maximum atomic E-state index is 5.88. The topological polar surface area (TPSA) is 51.4 Å². The molecule has 1 saturated carbocycles. The van der Waals surface area contributed by atoms with Gasteiger partial charge < -0.3 is 15.4 Å². The molecule has 1 aliphatic rings. The Morgan fingerprint density at radius 2 is 2.16 bits per heavy atom. The fourth-order valence-electron chi connectivity index (χ4n) is 2.12. The van der Waals surface area contributed by atoms with E-state index in [1.165, 1.54) is 19.3 Å². The molecule has 2 N–H and O–H groups in total. The average molecular weight is 263 g/mol. The molecule has 0 amide bonds. The summed E-state index contributed by atoms with van der Waals surface area (Å²) in [5.74, 6) is 2.28. The molecule has 1 heterocycles. The van der Waals surface area contributed by atoms with Crippen LogP contribution in [0.5, 0.6) is 5.88 Å². The van der Waals surface area contributed by atoms with E-state index < -0.39 is 0 Å². The summed E-state index contributed by atoms with van der Waals surface area (Å²) >= 11 is 0. The third kappa shape index (κ3) is 3.75. The lowest BCUT2D eigenvalue weighted by Gasteiger charge is -2.25. The first-order valence-corrected chi connectivity index (χ1v) is 7.27. The van der Waals surface area contributed by atoms with Crippen molar-refractivity contribution in [1.82, 2.24) is 4.98 Å². The lowest BCUT2D eigenvalue weighted by atomic mass is 10.1. The fourth-order valence-corrected chi connectivity index (χ4v) is 2.12. The van der Waals surface area contributed by atoms with Gasteiger partial charge in [-0.25, -0.2) is 0 Å². The van der Waals surface area contributed by atoms with Crippen LogP contribution in [0, 0.1) is 5.92 Å². The van der Waals surface area contributed by atoms with Crippen molar-refractivity contribution in [2.45, 2.75) is 46.1 Å². The van der Waals surface area contributed by atoms with Crippen molar-refractivity contribution in [3.8, 4) is 5.88 Å². The van der Waals surface area contributed by atoms with Crippen LogP contribution in [0.2, 0.25) is 0 Å². The molecule has 1 aromatic rings. The van der Waals surface area contributed by atoms with E-state index in [2.05, 4.69) is 23.7 Å². The second-order valence-corrected chi connectivity index (χ2v) is 5.60. The van der Waals surface area contributed by atoms with Crippen molar-refractivity contribution in [2.24, 2.45) is 5.92 Å². The largest absolute Gasteiger partial charge is 0.476 e. The number of pyridine rings is 1. The van der Waals surface area contributed by atoms with E-state index >= 15 is 0 Å². The van der Waals surface area contributed by atoms with Crippen molar-refractivity contribution >= 4 is 11.5 Å². The molecule has 0 unspecified atom stereocenters. The normalized spacial score (nSPS) is 14.7. The van der Waals surface area contributed by atoms with Gasteiger partial charge in [0.2, 0.25) is 5.88 Å². The van der Waals surface area contributed by atoms with Crippen molar-refractivity contribution in [1.29, 1.82) is 0 Å². The second kappa shape index (κ2) is 6.13. The Labute approximate surface area is 116 Å². The Hall–Kier alpha value is -1.45. The molecular formula is C15H25N3O. The van der Waals surface area contributed by atoms with Gasteiger partial charge >= 0.3 is 0 Å². The Kier molecular flexibility index (Phi) is 4.51. The monoisotopic (exact) mass is 263 g/mol. The molecule has 0 aromatic carbocycles. The molecule has 0 atom stereocenters. The molecule has 0 spiro atoms. The highest BCUT2D eigenvalue weighted by Gasteiger charge is 2.30. The van der Waals surface area contributed by atoms with Crippen molar-refractivity contribution in [3.05, 3.63) is 12.1 Å². The summed E-state index contributed by atoms with van der Waals surface area (Å²) in [6.45, 7) is 8.12. The Morgan fingerprint density at radius 3 is 2.74 bits per heavy atom. The smallest absolute Gasteiger partial charge is 0.239 e. The molecule has 2 rings (SSSR count). The maximum absolute atomic E-state index is 5.88. The van der Waals surface area contributed by atoms with E-state index in [1.54, 1.807) is 0 Å². The third-order valence-corrected chi connectivity index (χ3v) is 3.39. The van der Waals surface area contributed by atoms with Gasteiger partial charge in [0, 0.05) is 12.6 Å². The summed E-state index contributed by atoms with van der Waals surface area (Å²) in [6.07, 6.45) is 3.73. The SMILES string of the molecule is CCOc1nc(N(CCC(C)C)C2CC2)ccc1N. The summed E-state index contributed by atoms with van der Waals surface area (Å²) in [4.78, 5) is 6.98. The lowest BCUT2D eigenvalue weighted by Crippen LogP contribution is -2.28. The average Bonchev–Trinajstić information content (AvgIpc) is 3.17. The molecule has 1 aliphatic carbocycles. The van der Waals surface area contributed by atoms with E-state index in [4.69, 9.17) is 10.5 Å². The van der Waals surface area contributed by atoms with Gasteiger partial charge in [-0.15, -0.1) is 0 Å². The molecule has 106 valence electrons. The molecule has 4 nitrogen and oxygen atoms in total. The minimum Gasteiger partial charge on any atom is -0.476 e. The first-order chi connectivity index (χ1) is 9.11. The zero-order chi connectivity index (χ0) is 13.8. The van der Waals surface area contributed by atoms with Crippen molar-refractivity contribution in [3.63, 3.8) is 0 Å². The van der Waals surface area contributed by atoms with Crippen molar-refractivity contribution < 1.29 is 4.74 Å². The lowest BCUT2D eigenvalue weighted by molar-refractivity contribution is 0.329. The summed E-state index contributed by atoms with van der Waals surface area (Å²) in [7, 11) is 0. The van der Waals surface area contributed by atoms with Gasteiger partial charge in [0.1, 0.15) is 5.82 Å². The third-order valence-electron chi connectivity index (χ3n) is 3.39. The van der Waals surface area contributed by atoms with Crippen LogP contribution >= 0.6 is 0 Å². The first kappa shape index (κ1) is 14.0. The van der Waals surface area contributed by atoms with Crippen LogP contribution in [0.1, 0.15) is 40.0 Å². The van der Waals surface area contributed by atoms with Crippen LogP contribution in [0.3, 0.4) is 0 Å². The number of anilines is 2. The van der Waals surface area contributed by atoms with Gasteiger partial charge in [0.15, 0.2) is 0 Å². The van der Waals surface area contributed by atoms with Crippen LogP contribution in [-0.4, -0.2) is 24.2 Å². The van der Waals surface area contributed by atoms with E-state index in [0.29, 0.717) is 30.1 Å². The number of nitrogens with zero attached hydrogens (tertiary/aromatic N) is 2. The molecule has 4 heteroatoms. The molecular weight excluding hydrogens is 238 g/mol. The zero-order valence-electron chi connectivity index (χ0n) is 12.2. The van der Waals surface area contributed by atoms with E-state index in [9.17, 15) is 0 Å².